The molecule has 3 heterocycles. The lowest BCUT2D eigenvalue weighted by Gasteiger charge is -2.26. The SMILES string of the molecule is Cc1nc2c(c(NCc3cccc(C(F)F)c3F)n1)C=NC1CCC(CCC(O)=C2)CC1. The first-order valence-corrected chi connectivity index (χ1v) is 11.0. The van der Waals surface area contributed by atoms with E-state index in [2.05, 4.69) is 15.3 Å². The zero-order valence-electron chi connectivity index (χ0n) is 18.0. The number of aryl methyl sites for hydroxylation is 1. The van der Waals surface area contributed by atoms with Gasteiger partial charge in [0.1, 0.15) is 17.5 Å². The molecule has 2 bridgehead atoms. The van der Waals surface area contributed by atoms with Gasteiger partial charge in [-0.2, -0.15) is 0 Å². The summed E-state index contributed by atoms with van der Waals surface area (Å²) in [4.78, 5) is 13.7. The predicted molar refractivity (Wildman–Crippen MR) is 119 cm³/mol. The third kappa shape index (κ3) is 5.11. The summed E-state index contributed by atoms with van der Waals surface area (Å²) in [6.45, 7) is 1.70. The molecule has 8 heteroatoms. The van der Waals surface area contributed by atoms with E-state index in [4.69, 9.17) is 4.99 Å². The molecule has 1 saturated carbocycles. The van der Waals surface area contributed by atoms with Gasteiger partial charge in [0.25, 0.3) is 6.43 Å². The smallest absolute Gasteiger partial charge is 0.266 e. The van der Waals surface area contributed by atoms with Gasteiger partial charge in [-0.25, -0.2) is 23.1 Å². The Hall–Kier alpha value is -2.90. The largest absolute Gasteiger partial charge is 0.512 e. The van der Waals surface area contributed by atoms with E-state index in [0.29, 0.717) is 35.2 Å². The molecule has 1 fully saturated rings. The van der Waals surface area contributed by atoms with Crippen molar-refractivity contribution in [1.29, 1.82) is 0 Å². The summed E-state index contributed by atoms with van der Waals surface area (Å²) in [5, 5.41) is 13.6. The molecule has 5 nitrogen and oxygen atoms in total. The van der Waals surface area contributed by atoms with Crippen LogP contribution in [-0.4, -0.2) is 27.3 Å². The molecule has 32 heavy (non-hydrogen) atoms. The number of fused-ring (bicyclic) bond motifs is 4. The molecule has 3 aliphatic rings. The van der Waals surface area contributed by atoms with Crippen LogP contribution in [0.15, 0.2) is 29.0 Å². The van der Waals surface area contributed by atoms with Gasteiger partial charge >= 0.3 is 0 Å². The highest BCUT2D eigenvalue weighted by Gasteiger charge is 2.22. The lowest BCUT2D eigenvalue weighted by Crippen LogP contribution is -2.18. The van der Waals surface area contributed by atoms with Crippen LogP contribution in [0.4, 0.5) is 19.0 Å². The number of aromatic nitrogens is 2. The fraction of sp³-hybridized carbons (Fsp3) is 0.458. The number of hydrogen-bond acceptors (Lipinski definition) is 5. The highest BCUT2D eigenvalue weighted by atomic mass is 19.3. The molecule has 170 valence electrons. The molecule has 2 aliphatic heterocycles. The number of anilines is 1. The third-order valence-corrected chi connectivity index (χ3v) is 6.22. The molecule has 1 aliphatic carbocycles. The molecule has 0 atom stereocenters. The van der Waals surface area contributed by atoms with Gasteiger partial charge in [-0.05, 0) is 44.9 Å². The van der Waals surface area contributed by atoms with Crippen molar-refractivity contribution in [3.63, 3.8) is 0 Å². The van der Waals surface area contributed by atoms with Gasteiger partial charge in [0.05, 0.1) is 22.6 Å². The van der Waals surface area contributed by atoms with Crippen LogP contribution in [-0.2, 0) is 6.54 Å². The number of rotatable bonds is 4. The van der Waals surface area contributed by atoms with Gasteiger partial charge in [0.15, 0.2) is 0 Å². The van der Waals surface area contributed by atoms with Crippen LogP contribution in [0.1, 0.15) is 73.2 Å². The fourth-order valence-electron chi connectivity index (χ4n) is 4.40. The third-order valence-electron chi connectivity index (χ3n) is 6.22. The van der Waals surface area contributed by atoms with Crippen LogP contribution < -0.4 is 5.32 Å². The fourth-order valence-corrected chi connectivity index (χ4v) is 4.40. The molecule has 0 spiro atoms. The second-order valence-electron chi connectivity index (χ2n) is 8.52. The van der Waals surface area contributed by atoms with Gasteiger partial charge in [-0.3, -0.25) is 4.99 Å². The Morgan fingerprint density at radius 1 is 1.12 bits per heavy atom. The summed E-state index contributed by atoms with van der Waals surface area (Å²) < 4.78 is 40.6. The Labute approximate surface area is 185 Å². The van der Waals surface area contributed by atoms with Gasteiger partial charge < -0.3 is 10.4 Å². The van der Waals surface area contributed by atoms with Crippen molar-refractivity contribution in [2.75, 3.05) is 5.32 Å². The Kier molecular flexibility index (Phi) is 6.77. The number of alkyl halides is 2. The number of halogens is 3. The molecule has 1 aromatic carbocycles. The first-order chi connectivity index (χ1) is 15.4. The summed E-state index contributed by atoms with van der Waals surface area (Å²) in [7, 11) is 0. The number of nitrogens with zero attached hydrogens (tertiary/aromatic N) is 3. The summed E-state index contributed by atoms with van der Waals surface area (Å²) in [6.07, 6.45) is 6.19. The number of aliphatic imine (C=N–C) groups is 1. The number of aliphatic hydroxyl groups is 1. The number of nitrogens with one attached hydrogen (secondary N) is 1. The number of aliphatic hydroxyl groups excluding tert-OH is 1. The van der Waals surface area contributed by atoms with E-state index >= 15 is 0 Å². The first kappa shape index (κ1) is 22.3. The van der Waals surface area contributed by atoms with Gasteiger partial charge in [0.2, 0.25) is 0 Å². The Morgan fingerprint density at radius 2 is 1.91 bits per heavy atom. The molecule has 0 saturated heterocycles. The van der Waals surface area contributed by atoms with E-state index in [1.807, 2.05) is 0 Å². The summed E-state index contributed by atoms with van der Waals surface area (Å²) in [5.41, 5.74) is 0.618. The second kappa shape index (κ2) is 9.71. The average Bonchev–Trinajstić information content (AvgIpc) is 2.76. The van der Waals surface area contributed by atoms with Gasteiger partial charge in [-0.15, -0.1) is 0 Å². The Bertz CT molecular complexity index is 1030. The first-order valence-electron chi connectivity index (χ1n) is 11.0. The molecule has 0 amide bonds. The maximum Gasteiger partial charge on any atom is 0.266 e. The zero-order valence-corrected chi connectivity index (χ0v) is 18.0. The molecule has 0 radical (unpaired) electrons. The highest BCUT2D eigenvalue weighted by Crippen LogP contribution is 2.32. The lowest BCUT2D eigenvalue weighted by molar-refractivity contribution is 0.146. The molecule has 5 rings (SSSR count). The maximum absolute atomic E-state index is 14.5. The maximum atomic E-state index is 14.5. The summed E-state index contributed by atoms with van der Waals surface area (Å²) in [6, 6.07) is 4.19. The second-order valence-corrected chi connectivity index (χ2v) is 8.52. The Morgan fingerprint density at radius 3 is 2.66 bits per heavy atom. The number of hydrogen-bond donors (Lipinski definition) is 2. The van der Waals surface area contributed by atoms with E-state index in [0.717, 1.165) is 38.2 Å². The lowest BCUT2D eigenvalue weighted by atomic mass is 9.83. The minimum atomic E-state index is -2.88. The van der Waals surface area contributed by atoms with E-state index in [1.165, 1.54) is 12.1 Å². The standard InChI is InChI=1S/C24H27F3N4O/c1-14-30-21-11-18(32)10-7-15-5-8-17(9-6-15)28-13-20(21)24(31-14)29-12-16-3-2-4-19(22(16)25)23(26)27/h2-4,11,13,15,17,23,32H,5-10,12H2,1H3,(H,29,30,31). The summed E-state index contributed by atoms with van der Waals surface area (Å²) in [5.74, 6) is 0.834. The van der Waals surface area contributed by atoms with Crippen molar-refractivity contribution in [2.24, 2.45) is 10.9 Å². The van der Waals surface area contributed by atoms with Crippen molar-refractivity contribution in [3.05, 3.63) is 58.0 Å². The van der Waals surface area contributed by atoms with Crippen molar-refractivity contribution in [3.8, 4) is 0 Å². The molecular weight excluding hydrogens is 417 g/mol. The van der Waals surface area contributed by atoms with Crippen molar-refractivity contribution < 1.29 is 18.3 Å². The molecule has 1 aromatic heterocycles. The van der Waals surface area contributed by atoms with Crippen LogP contribution in [0.2, 0.25) is 0 Å². The molecular formula is C24H27F3N4O. The Balaban J connectivity index is 1.68. The molecule has 2 N–H and O–H groups in total. The van der Waals surface area contributed by atoms with E-state index < -0.39 is 17.8 Å². The molecule has 2 aromatic rings. The zero-order chi connectivity index (χ0) is 22.7. The van der Waals surface area contributed by atoms with Gasteiger partial charge in [0, 0.05) is 36.9 Å². The van der Waals surface area contributed by atoms with Crippen LogP contribution >= 0.6 is 0 Å². The minimum absolute atomic E-state index is 0.0239. The summed E-state index contributed by atoms with van der Waals surface area (Å²) >= 11 is 0. The van der Waals surface area contributed by atoms with Gasteiger partial charge in [-0.1, -0.05) is 18.2 Å². The minimum Gasteiger partial charge on any atom is -0.512 e. The van der Waals surface area contributed by atoms with Crippen molar-refractivity contribution in [2.45, 2.75) is 64.5 Å². The van der Waals surface area contributed by atoms with Crippen LogP contribution in [0.5, 0.6) is 0 Å². The van der Waals surface area contributed by atoms with E-state index in [1.54, 1.807) is 19.2 Å². The predicted octanol–water partition coefficient (Wildman–Crippen LogP) is 6.14. The van der Waals surface area contributed by atoms with Crippen LogP contribution in [0.25, 0.3) is 6.08 Å². The monoisotopic (exact) mass is 444 g/mol. The van der Waals surface area contributed by atoms with E-state index in [9.17, 15) is 18.3 Å². The number of benzene rings is 1. The van der Waals surface area contributed by atoms with Crippen LogP contribution in [0.3, 0.4) is 0 Å². The average molecular weight is 445 g/mol. The van der Waals surface area contributed by atoms with Crippen molar-refractivity contribution in [1.82, 2.24) is 9.97 Å². The topological polar surface area (TPSA) is 70.4 Å². The number of allylic oxidation sites excluding steroid dienone is 1. The van der Waals surface area contributed by atoms with Crippen LogP contribution in [0, 0.1) is 18.7 Å². The molecule has 0 unspecified atom stereocenters. The quantitative estimate of drug-likeness (QED) is 0.594. The normalized spacial score (nSPS) is 21.0. The highest BCUT2D eigenvalue weighted by molar-refractivity contribution is 5.90. The van der Waals surface area contributed by atoms with E-state index in [-0.39, 0.29) is 23.9 Å². The van der Waals surface area contributed by atoms with Crippen molar-refractivity contribution >= 4 is 18.1 Å².